The maximum Gasteiger partial charge on any atom is 0.228 e. The van der Waals surface area contributed by atoms with Crippen LogP contribution in [0.15, 0.2) is 6.20 Å². The summed E-state index contributed by atoms with van der Waals surface area (Å²) >= 11 is 0. The first-order valence-corrected chi connectivity index (χ1v) is 16.4. The Bertz CT molecular complexity index is 968. The molecule has 0 aliphatic carbocycles. The van der Waals surface area contributed by atoms with Gasteiger partial charge < -0.3 is 14.4 Å². The molecule has 0 saturated carbocycles. The fourth-order valence-electron chi connectivity index (χ4n) is 6.26. The molecule has 0 aromatic carbocycles. The summed E-state index contributed by atoms with van der Waals surface area (Å²) in [5.41, 5.74) is 0.725. The van der Waals surface area contributed by atoms with Gasteiger partial charge in [0.05, 0.1) is 43.0 Å². The molecule has 0 radical (unpaired) electrons. The lowest BCUT2D eigenvalue weighted by Crippen LogP contribution is -2.52. The van der Waals surface area contributed by atoms with Crippen LogP contribution in [-0.4, -0.2) is 113 Å². The van der Waals surface area contributed by atoms with Crippen molar-refractivity contribution < 1.29 is 14.3 Å². The molecule has 4 heterocycles. The van der Waals surface area contributed by atoms with Gasteiger partial charge >= 0.3 is 0 Å². The minimum atomic E-state index is -0.109. The van der Waals surface area contributed by atoms with Crippen LogP contribution < -0.4 is 0 Å². The molecule has 5 atom stereocenters. The molecule has 1 aromatic heterocycles. The standard InChI is InChI=1S/C32H54N6O3/c1-5-7-15-35(16-8-6-2)17-9-11-28-24-38(34-33-28)26(3)23-29-13-14-31(41-29)27(4)32(39)37-20-18-36(19-21-37)25-30-12-10-22-40-30/h24,26-27,29-31H,5-8,10,12-23,25H2,1-4H3/t26-,27-,29+,30?,31-/m1/s1. The van der Waals surface area contributed by atoms with E-state index in [2.05, 4.69) is 52.7 Å². The Morgan fingerprint density at radius 2 is 1.83 bits per heavy atom. The minimum Gasteiger partial charge on any atom is -0.377 e. The second kappa shape index (κ2) is 16.6. The lowest BCUT2D eigenvalue weighted by molar-refractivity contribution is -0.142. The summed E-state index contributed by atoms with van der Waals surface area (Å²) in [6.45, 7) is 17.0. The van der Waals surface area contributed by atoms with Crippen LogP contribution in [0.3, 0.4) is 0 Å². The lowest BCUT2D eigenvalue weighted by Gasteiger charge is -2.37. The number of ether oxygens (including phenoxy) is 2. The SMILES string of the molecule is CCCCN(CC#Cc1cn([C@H](C)C[C@@H]2CC[C@H]([C@@H](C)C(=O)N3CCN(CC4CCCO4)CC3)O2)nn1)CCCC. The van der Waals surface area contributed by atoms with E-state index < -0.39 is 0 Å². The Labute approximate surface area is 248 Å². The molecular weight excluding hydrogens is 516 g/mol. The topological polar surface area (TPSA) is 76.0 Å². The molecule has 1 aromatic rings. The van der Waals surface area contributed by atoms with Crippen molar-refractivity contribution in [2.75, 3.05) is 59.0 Å². The highest BCUT2D eigenvalue weighted by Gasteiger charge is 2.36. The van der Waals surface area contributed by atoms with Gasteiger partial charge in [0.25, 0.3) is 0 Å². The third kappa shape index (κ3) is 9.77. The van der Waals surface area contributed by atoms with Crippen LogP contribution >= 0.6 is 0 Å². The van der Waals surface area contributed by atoms with Crippen LogP contribution in [-0.2, 0) is 14.3 Å². The predicted molar refractivity (Wildman–Crippen MR) is 162 cm³/mol. The van der Waals surface area contributed by atoms with Gasteiger partial charge in [0.15, 0.2) is 5.69 Å². The van der Waals surface area contributed by atoms with Gasteiger partial charge in [0.1, 0.15) is 0 Å². The van der Waals surface area contributed by atoms with E-state index >= 15 is 0 Å². The van der Waals surface area contributed by atoms with Gasteiger partial charge in [-0.1, -0.05) is 44.7 Å². The van der Waals surface area contributed by atoms with Gasteiger partial charge in [-0.05, 0) is 70.9 Å². The molecule has 0 bridgehead atoms. The summed E-state index contributed by atoms with van der Waals surface area (Å²) in [7, 11) is 0. The lowest BCUT2D eigenvalue weighted by atomic mass is 9.99. The largest absolute Gasteiger partial charge is 0.377 e. The number of hydrogen-bond donors (Lipinski definition) is 0. The summed E-state index contributed by atoms with van der Waals surface area (Å²) in [4.78, 5) is 20.2. The van der Waals surface area contributed by atoms with Crippen molar-refractivity contribution in [3.63, 3.8) is 0 Å². The number of hydrogen-bond acceptors (Lipinski definition) is 7. The van der Waals surface area contributed by atoms with Gasteiger partial charge in [-0.2, -0.15) is 0 Å². The van der Waals surface area contributed by atoms with Crippen molar-refractivity contribution in [1.29, 1.82) is 0 Å². The molecule has 9 nitrogen and oxygen atoms in total. The summed E-state index contributed by atoms with van der Waals surface area (Å²) in [5.74, 6) is 6.65. The number of piperazine rings is 1. The van der Waals surface area contributed by atoms with E-state index in [-0.39, 0.29) is 30.1 Å². The molecule has 3 aliphatic heterocycles. The van der Waals surface area contributed by atoms with Crippen LogP contribution in [0.5, 0.6) is 0 Å². The molecule has 3 saturated heterocycles. The molecule has 4 rings (SSSR count). The quantitative estimate of drug-likeness (QED) is 0.313. The van der Waals surface area contributed by atoms with Crippen LogP contribution in [0.25, 0.3) is 0 Å². The molecule has 1 amide bonds. The highest BCUT2D eigenvalue weighted by Crippen LogP contribution is 2.31. The van der Waals surface area contributed by atoms with Crippen molar-refractivity contribution in [2.24, 2.45) is 5.92 Å². The summed E-state index contributed by atoms with van der Waals surface area (Å²) < 4.78 is 14.1. The minimum absolute atomic E-state index is 0.00912. The zero-order valence-electron chi connectivity index (χ0n) is 26.1. The highest BCUT2D eigenvalue weighted by molar-refractivity contribution is 5.79. The van der Waals surface area contributed by atoms with Crippen LogP contribution in [0, 0.1) is 17.8 Å². The predicted octanol–water partition coefficient (Wildman–Crippen LogP) is 3.99. The first-order chi connectivity index (χ1) is 20.0. The van der Waals surface area contributed by atoms with Crippen molar-refractivity contribution in [3.8, 4) is 11.8 Å². The third-order valence-corrected chi connectivity index (χ3v) is 9.00. The Morgan fingerprint density at radius 3 is 2.51 bits per heavy atom. The first kappa shape index (κ1) is 31.9. The number of amides is 1. The zero-order valence-corrected chi connectivity index (χ0v) is 26.1. The smallest absolute Gasteiger partial charge is 0.228 e. The van der Waals surface area contributed by atoms with E-state index in [4.69, 9.17) is 9.47 Å². The average molecular weight is 571 g/mol. The van der Waals surface area contributed by atoms with Gasteiger partial charge in [0.2, 0.25) is 5.91 Å². The molecule has 3 fully saturated rings. The number of carbonyl (C=O) groups is 1. The summed E-state index contributed by atoms with van der Waals surface area (Å²) in [5, 5.41) is 8.66. The van der Waals surface area contributed by atoms with Gasteiger partial charge in [-0.3, -0.25) is 14.6 Å². The van der Waals surface area contributed by atoms with Gasteiger partial charge in [-0.25, -0.2) is 4.68 Å². The number of unbranched alkanes of at least 4 members (excludes halogenated alkanes) is 2. The Balaban J connectivity index is 1.18. The molecule has 3 aliphatic rings. The van der Waals surface area contributed by atoms with Crippen LogP contribution in [0.1, 0.15) is 97.2 Å². The van der Waals surface area contributed by atoms with Crippen molar-refractivity contribution in [3.05, 3.63) is 11.9 Å². The fourth-order valence-corrected chi connectivity index (χ4v) is 6.26. The van der Waals surface area contributed by atoms with E-state index in [1.807, 2.05) is 22.7 Å². The Kier molecular flexibility index (Phi) is 12.9. The zero-order chi connectivity index (χ0) is 29.0. The fraction of sp³-hybridized carbons (Fsp3) is 0.844. The van der Waals surface area contributed by atoms with Crippen LogP contribution in [0.2, 0.25) is 0 Å². The first-order valence-electron chi connectivity index (χ1n) is 16.4. The van der Waals surface area contributed by atoms with Crippen LogP contribution in [0.4, 0.5) is 0 Å². The molecule has 9 heteroatoms. The average Bonchev–Trinajstić information content (AvgIpc) is 3.77. The third-order valence-electron chi connectivity index (χ3n) is 9.00. The van der Waals surface area contributed by atoms with Crippen molar-refractivity contribution in [1.82, 2.24) is 29.7 Å². The molecule has 0 N–H and O–H groups in total. The summed E-state index contributed by atoms with van der Waals surface area (Å²) in [6, 6.07) is 0.162. The molecular formula is C32H54N6O3. The molecule has 1 unspecified atom stereocenters. The highest BCUT2D eigenvalue weighted by atomic mass is 16.5. The number of rotatable bonds is 14. The van der Waals surface area contributed by atoms with E-state index in [0.29, 0.717) is 6.10 Å². The normalized spacial score (nSPS) is 24.9. The maximum atomic E-state index is 13.3. The number of nitrogens with zero attached hydrogens (tertiary/aromatic N) is 6. The maximum absolute atomic E-state index is 13.3. The Morgan fingerprint density at radius 1 is 1.07 bits per heavy atom. The molecule has 230 valence electrons. The number of carbonyl (C=O) groups excluding carboxylic acids is 1. The second-order valence-electron chi connectivity index (χ2n) is 12.4. The van der Waals surface area contributed by atoms with Gasteiger partial charge in [-0.15, -0.1) is 5.10 Å². The molecule has 41 heavy (non-hydrogen) atoms. The summed E-state index contributed by atoms with van der Waals surface area (Å²) in [6.07, 6.45) is 12.4. The molecule has 0 spiro atoms. The van der Waals surface area contributed by atoms with Crippen molar-refractivity contribution in [2.45, 2.75) is 110 Å². The van der Waals surface area contributed by atoms with Crippen molar-refractivity contribution >= 4 is 5.91 Å². The van der Waals surface area contributed by atoms with E-state index in [1.54, 1.807) is 0 Å². The monoisotopic (exact) mass is 570 g/mol. The van der Waals surface area contributed by atoms with E-state index in [0.717, 1.165) is 83.9 Å². The van der Waals surface area contributed by atoms with E-state index in [1.165, 1.54) is 38.5 Å². The van der Waals surface area contributed by atoms with E-state index in [9.17, 15) is 4.79 Å². The Hall–Kier alpha value is -1.99. The number of aromatic nitrogens is 3. The second-order valence-corrected chi connectivity index (χ2v) is 12.4. The van der Waals surface area contributed by atoms with Gasteiger partial charge in [0, 0.05) is 39.3 Å².